The van der Waals surface area contributed by atoms with Crippen LogP contribution in [0.3, 0.4) is 0 Å². The van der Waals surface area contributed by atoms with E-state index >= 15 is 0 Å². The van der Waals surface area contributed by atoms with Crippen LogP contribution in [0.25, 0.3) is 0 Å². The number of nitrogens with two attached hydrogens (primary N) is 1. The number of carbonyl (C=O) groups is 1. The molecule has 1 aliphatic heterocycles. The number of rotatable bonds is 9. The van der Waals surface area contributed by atoms with Crippen LogP contribution < -0.4 is 15.2 Å². The summed E-state index contributed by atoms with van der Waals surface area (Å²) in [7, 11) is -4.07. The second kappa shape index (κ2) is 9.74. The molecular formula is C22H30N4O5S. The molecule has 0 saturated carbocycles. The molecule has 1 atom stereocenters. The van der Waals surface area contributed by atoms with Crippen LogP contribution in [0.5, 0.6) is 5.75 Å². The predicted molar refractivity (Wildman–Crippen MR) is 121 cm³/mol. The van der Waals surface area contributed by atoms with Crippen molar-refractivity contribution in [1.82, 2.24) is 9.88 Å². The van der Waals surface area contributed by atoms with Gasteiger partial charge in [-0.1, -0.05) is 30.3 Å². The van der Waals surface area contributed by atoms with Gasteiger partial charge in [0, 0.05) is 18.6 Å². The molecule has 1 amide bonds. The van der Waals surface area contributed by atoms with Crippen LogP contribution >= 0.6 is 0 Å². The Balaban J connectivity index is 1.56. The first kappa shape index (κ1) is 23.8. The molecular weight excluding hydrogens is 432 g/mol. The maximum atomic E-state index is 12.0. The van der Waals surface area contributed by atoms with E-state index in [1.165, 1.54) is 4.90 Å². The summed E-state index contributed by atoms with van der Waals surface area (Å²) in [6.07, 6.45) is 1.60. The fourth-order valence-electron chi connectivity index (χ4n) is 4.10. The molecule has 0 bridgehead atoms. The number of hydrogen-bond donors (Lipinski definition) is 3. The van der Waals surface area contributed by atoms with Gasteiger partial charge in [0.25, 0.3) is 10.0 Å². The summed E-state index contributed by atoms with van der Waals surface area (Å²) >= 11 is 0. The van der Waals surface area contributed by atoms with Gasteiger partial charge in [-0.2, -0.15) is 0 Å². The zero-order chi connectivity index (χ0) is 23.4. The van der Waals surface area contributed by atoms with Crippen molar-refractivity contribution in [2.24, 2.45) is 11.1 Å². The maximum absolute atomic E-state index is 12.0. The largest absolute Gasteiger partial charge is 0.486 e. The van der Waals surface area contributed by atoms with Gasteiger partial charge >= 0.3 is 6.09 Å². The number of hydrogen-bond acceptors (Lipinski definition) is 6. The van der Waals surface area contributed by atoms with E-state index in [9.17, 15) is 18.3 Å². The number of primary sulfonamides is 1. The van der Waals surface area contributed by atoms with Crippen LogP contribution in [-0.2, 0) is 16.6 Å². The number of pyridine rings is 1. The first-order chi connectivity index (χ1) is 15.1. The Morgan fingerprint density at radius 2 is 2.00 bits per heavy atom. The van der Waals surface area contributed by atoms with Crippen molar-refractivity contribution in [2.45, 2.75) is 50.3 Å². The molecule has 1 aromatic carbocycles. The lowest BCUT2D eigenvalue weighted by atomic mass is 9.93. The van der Waals surface area contributed by atoms with Gasteiger partial charge in [0.15, 0.2) is 5.75 Å². The van der Waals surface area contributed by atoms with Crippen LogP contribution in [0.2, 0.25) is 0 Å². The molecule has 2 heterocycles. The standard InChI is InChI=1S/C22H30N4O5S/c1-22(2)13-17(14-26(22)21(27)28)9-6-12-24-19-11-10-18(20(25-19)32(23,29)30)31-15-16-7-4-3-5-8-16/h3-5,7-8,10-11,17H,6,9,12-15H2,1-2H3,(H,24,25)(H,27,28)(H2,23,29,30)/t17-/m0/s1. The van der Waals surface area contributed by atoms with Gasteiger partial charge in [-0.25, -0.2) is 23.3 Å². The van der Waals surface area contributed by atoms with Crippen LogP contribution in [-0.4, -0.2) is 48.1 Å². The average molecular weight is 463 g/mol. The molecule has 3 rings (SSSR count). The molecule has 9 nitrogen and oxygen atoms in total. The zero-order valence-electron chi connectivity index (χ0n) is 18.3. The minimum absolute atomic E-state index is 0.101. The fourth-order valence-corrected chi connectivity index (χ4v) is 4.73. The Kier molecular flexibility index (Phi) is 7.25. The Morgan fingerprint density at radius 3 is 2.62 bits per heavy atom. The fraction of sp³-hybridized carbons (Fsp3) is 0.455. The van der Waals surface area contributed by atoms with Gasteiger partial charge < -0.3 is 20.1 Å². The smallest absolute Gasteiger partial charge is 0.407 e. The topological polar surface area (TPSA) is 135 Å². The highest BCUT2D eigenvalue weighted by atomic mass is 32.2. The van der Waals surface area contributed by atoms with Crippen LogP contribution in [0.4, 0.5) is 10.6 Å². The van der Waals surface area contributed by atoms with Crippen molar-refractivity contribution in [3.63, 3.8) is 0 Å². The van der Waals surface area contributed by atoms with Crippen molar-refractivity contribution in [3.8, 4) is 5.75 Å². The molecule has 10 heteroatoms. The van der Waals surface area contributed by atoms with Crippen molar-refractivity contribution in [3.05, 3.63) is 48.0 Å². The molecule has 0 spiro atoms. The molecule has 32 heavy (non-hydrogen) atoms. The van der Waals surface area contributed by atoms with Crippen molar-refractivity contribution >= 4 is 21.9 Å². The highest BCUT2D eigenvalue weighted by Gasteiger charge is 2.40. The summed E-state index contributed by atoms with van der Waals surface area (Å²) in [5, 5.41) is 17.5. The Bertz CT molecular complexity index is 1040. The first-order valence-electron chi connectivity index (χ1n) is 10.5. The number of sulfonamides is 1. The van der Waals surface area contributed by atoms with E-state index in [-0.39, 0.29) is 22.9 Å². The number of anilines is 1. The number of likely N-dealkylation sites (tertiary alicyclic amines) is 1. The molecule has 1 saturated heterocycles. The summed E-state index contributed by atoms with van der Waals surface area (Å²) in [4.78, 5) is 17.0. The maximum Gasteiger partial charge on any atom is 0.407 e. The lowest BCUT2D eigenvalue weighted by molar-refractivity contribution is 0.117. The molecule has 2 aromatic rings. The summed E-state index contributed by atoms with van der Waals surface area (Å²) in [5.74, 6) is 0.786. The number of nitrogens with zero attached hydrogens (tertiary/aromatic N) is 2. The lowest BCUT2D eigenvalue weighted by Crippen LogP contribution is -2.41. The van der Waals surface area contributed by atoms with E-state index in [4.69, 9.17) is 9.88 Å². The number of ether oxygens (including phenoxy) is 1. The van der Waals surface area contributed by atoms with E-state index in [2.05, 4.69) is 10.3 Å². The van der Waals surface area contributed by atoms with Gasteiger partial charge in [-0.15, -0.1) is 0 Å². The molecule has 174 valence electrons. The molecule has 4 N–H and O–H groups in total. The third-order valence-corrected chi connectivity index (χ3v) is 6.45. The minimum Gasteiger partial charge on any atom is -0.486 e. The van der Waals surface area contributed by atoms with E-state index in [0.717, 1.165) is 24.8 Å². The number of amides is 1. The van der Waals surface area contributed by atoms with Crippen molar-refractivity contribution in [2.75, 3.05) is 18.4 Å². The highest BCUT2D eigenvalue weighted by Crippen LogP contribution is 2.35. The SMILES string of the molecule is CC1(C)C[C@H](CCCNc2ccc(OCc3ccccc3)c(S(N)(=O)=O)n2)CN1C(=O)O. The molecule has 1 aliphatic rings. The summed E-state index contributed by atoms with van der Waals surface area (Å²) in [6, 6.07) is 12.6. The third kappa shape index (κ3) is 6.10. The van der Waals surface area contributed by atoms with Crippen molar-refractivity contribution in [1.29, 1.82) is 0 Å². The number of nitrogens with one attached hydrogen (secondary N) is 1. The number of benzene rings is 1. The quantitative estimate of drug-likeness (QED) is 0.487. The monoisotopic (exact) mass is 462 g/mol. The van der Waals surface area contributed by atoms with E-state index < -0.39 is 16.1 Å². The minimum atomic E-state index is -4.07. The molecule has 1 fully saturated rings. The Morgan fingerprint density at radius 1 is 1.28 bits per heavy atom. The van der Waals surface area contributed by atoms with Gasteiger partial charge in [-0.3, -0.25) is 0 Å². The molecule has 0 unspecified atom stereocenters. The number of carboxylic acid groups (broad SMARTS) is 1. The number of aromatic nitrogens is 1. The van der Waals surface area contributed by atoms with Crippen LogP contribution in [0.15, 0.2) is 47.5 Å². The summed E-state index contributed by atoms with van der Waals surface area (Å²) < 4.78 is 29.7. The Hall–Kier alpha value is -2.85. The lowest BCUT2D eigenvalue weighted by Gasteiger charge is -2.28. The zero-order valence-corrected chi connectivity index (χ0v) is 19.1. The Labute approximate surface area is 188 Å². The van der Waals surface area contributed by atoms with Gasteiger partial charge in [0.2, 0.25) is 5.03 Å². The van der Waals surface area contributed by atoms with Gasteiger partial charge in [0.1, 0.15) is 12.4 Å². The van der Waals surface area contributed by atoms with Gasteiger partial charge in [0.05, 0.1) is 0 Å². The second-order valence-electron chi connectivity index (χ2n) is 8.66. The summed E-state index contributed by atoms with van der Waals surface area (Å²) in [6.45, 7) is 5.19. The summed E-state index contributed by atoms with van der Waals surface area (Å²) in [5.41, 5.74) is 0.539. The molecule has 0 radical (unpaired) electrons. The van der Waals surface area contributed by atoms with E-state index in [0.29, 0.717) is 24.8 Å². The van der Waals surface area contributed by atoms with E-state index in [1.807, 2.05) is 44.2 Å². The van der Waals surface area contributed by atoms with Crippen LogP contribution in [0.1, 0.15) is 38.7 Å². The third-order valence-electron chi connectivity index (χ3n) is 5.62. The second-order valence-corrected chi connectivity index (χ2v) is 10.1. The van der Waals surface area contributed by atoms with Crippen LogP contribution in [0, 0.1) is 5.92 Å². The normalized spacial score (nSPS) is 17.8. The van der Waals surface area contributed by atoms with Gasteiger partial charge in [-0.05, 0) is 56.7 Å². The average Bonchev–Trinajstić information content (AvgIpc) is 3.04. The predicted octanol–water partition coefficient (Wildman–Crippen LogP) is 3.28. The molecule has 1 aromatic heterocycles. The first-order valence-corrected chi connectivity index (χ1v) is 12.1. The highest BCUT2D eigenvalue weighted by molar-refractivity contribution is 7.89. The van der Waals surface area contributed by atoms with Crippen molar-refractivity contribution < 1.29 is 23.1 Å². The molecule has 0 aliphatic carbocycles. The van der Waals surface area contributed by atoms with E-state index in [1.54, 1.807) is 12.1 Å².